The molecule has 150 valence electrons. The quantitative estimate of drug-likeness (QED) is 0.291. The van der Waals surface area contributed by atoms with Gasteiger partial charge in [0.05, 0.1) is 11.6 Å². The van der Waals surface area contributed by atoms with Gasteiger partial charge in [-0.25, -0.2) is 0 Å². The number of benzene rings is 1. The number of allylic oxidation sites excluding steroid dienone is 3. The highest BCUT2D eigenvalue weighted by Crippen LogP contribution is 2.33. The Hall–Kier alpha value is -1.62. The summed E-state index contributed by atoms with van der Waals surface area (Å²) in [6.07, 6.45) is 9.04. The van der Waals surface area contributed by atoms with E-state index >= 15 is 0 Å². The number of phenols is 1. The van der Waals surface area contributed by atoms with Crippen LogP contribution in [0.5, 0.6) is 5.75 Å². The number of phenolic OH excluding ortho intramolecular Hbond substituents is 1. The van der Waals surface area contributed by atoms with Gasteiger partial charge in [-0.1, -0.05) is 34.9 Å². The first kappa shape index (κ1) is 23.4. The Labute approximate surface area is 167 Å². The van der Waals surface area contributed by atoms with Crippen molar-refractivity contribution in [2.75, 3.05) is 19.8 Å². The highest BCUT2D eigenvalue weighted by Gasteiger charge is 2.12. The number of aldehydes is 1. The summed E-state index contributed by atoms with van der Waals surface area (Å²) in [5.41, 5.74) is 4.19. The Kier molecular flexibility index (Phi) is 11.0. The van der Waals surface area contributed by atoms with E-state index in [1.807, 2.05) is 0 Å². The third kappa shape index (κ3) is 8.29. The van der Waals surface area contributed by atoms with Crippen molar-refractivity contribution in [3.05, 3.63) is 51.1 Å². The summed E-state index contributed by atoms with van der Waals surface area (Å²) in [7, 11) is 0. The number of rotatable bonds is 12. The van der Waals surface area contributed by atoms with Gasteiger partial charge in [0.15, 0.2) is 0 Å². The van der Waals surface area contributed by atoms with Gasteiger partial charge in [-0.15, -0.1) is 0 Å². The van der Waals surface area contributed by atoms with Gasteiger partial charge in [-0.3, -0.25) is 4.79 Å². The molecule has 0 aliphatic rings. The van der Waals surface area contributed by atoms with Gasteiger partial charge in [-0.2, -0.15) is 0 Å². The molecule has 0 radical (unpaired) electrons. The van der Waals surface area contributed by atoms with Gasteiger partial charge in [-0.05, 0) is 70.1 Å². The van der Waals surface area contributed by atoms with Crippen LogP contribution < -0.4 is 0 Å². The number of aliphatic hydroxyl groups is 1. The fourth-order valence-electron chi connectivity index (χ4n) is 2.63. The van der Waals surface area contributed by atoms with E-state index in [9.17, 15) is 9.90 Å². The molecule has 1 aromatic rings. The fraction of sp³-hybridized carbons (Fsp3) is 0.500. The van der Waals surface area contributed by atoms with Gasteiger partial charge in [0.1, 0.15) is 12.0 Å². The Bertz CT molecular complexity index is 677. The molecule has 0 saturated carbocycles. The number of carbonyl (C=O) groups is 1. The lowest BCUT2D eigenvalue weighted by Crippen LogP contribution is -1.99. The Morgan fingerprint density at radius 2 is 1.96 bits per heavy atom. The monoisotopic (exact) mass is 394 g/mol. The maximum atomic E-state index is 11.1. The molecule has 0 amide bonds. The van der Waals surface area contributed by atoms with Crippen molar-refractivity contribution in [2.24, 2.45) is 0 Å². The Morgan fingerprint density at radius 1 is 1.22 bits per heavy atom. The van der Waals surface area contributed by atoms with Crippen LogP contribution in [0.2, 0.25) is 5.02 Å². The van der Waals surface area contributed by atoms with Crippen molar-refractivity contribution >= 4 is 17.9 Å². The summed E-state index contributed by atoms with van der Waals surface area (Å²) in [5, 5.41) is 19.1. The van der Waals surface area contributed by atoms with Crippen molar-refractivity contribution in [3.63, 3.8) is 0 Å². The molecule has 5 heteroatoms. The first-order chi connectivity index (χ1) is 12.9. The summed E-state index contributed by atoms with van der Waals surface area (Å²) < 4.78 is 5.55. The third-order valence-electron chi connectivity index (χ3n) is 4.46. The zero-order chi connectivity index (χ0) is 20.2. The topological polar surface area (TPSA) is 66.8 Å². The molecule has 0 unspecified atom stereocenters. The standard InChI is InChI=1S/C22H31ClO4/c1-16(7-6-8-17(2)15-27-12-5-4-11-24)9-10-19-13-20(14-25)18(3)21(23)22(19)26/h8-9,13-14,24,26H,4-7,10-12,15H2,1-3H3/b16-9+,17-8+. The predicted octanol–water partition coefficient (Wildman–Crippen LogP) is 5.17. The van der Waals surface area contributed by atoms with E-state index in [4.69, 9.17) is 21.4 Å². The lowest BCUT2D eigenvalue weighted by Gasteiger charge is -2.10. The van der Waals surface area contributed by atoms with Crippen molar-refractivity contribution in [3.8, 4) is 5.75 Å². The average molecular weight is 395 g/mol. The minimum Gasteiger partial charge on any atom is -0.506 e. The lowest BCUT2D eigenvalue weighted by atomic mass is 10.0. The van der Waals surface area contributed by atoms with Gasteiger partial charge < -0.3 is 14.9 Å². The minimum absolute atomic E-state index is 0.0536. The first-order valence-corrected chi connectivity index (χ1v) is 9.74. The molecular formula is C22H31ClO4. The van der Waals surface area contributed by atoms with E-state index in [1.165, 1.54) is 11.1 Å². The van der Waals surface area contributed by atoms with Crippen LogP contribution >= 0.6 is 11.6 Å². The van der Waals surface area contributed by atoms with Gasteiger partial charge in [0.2, 0.25) is 0 Å². The van der Waals surface area contributed by atoms with E-state index in [1.54, 1.807) is 13.0 Å². The van der Waals surface area contributed by atoms with Crippen LogP contribution in [0.1, 0.15) is 61.0 Å². The van der Waals surface area contributed by atoms with Crippen LogP contribution in [-0.2, 0) is 11.2 Å². The largest absolute Gasteiger partial charge is 0.506 e. The molecule has 0 spiro atoms. The highest BCUT2D eigenvalue weighted by molar-refractivity contribution is 6.33. The molecule has 4 nitrogen and oxygen atoms in total. The second-order valence-electron chi connectivity index (χ2n) is 6.86. The van der Waals surface area contributed by atoms with Gasteiger partial charge >= 0.3 is 0 Å². The van der Waals surface area contributed by atoms with Crippen molar-refractivity contribution in [2.45, 2.75) is 52.9 Å². The van der Waals surface area contributed by atoms with E-state index in [-0.39, 0.29) is 17.4 Å². The van der Waals surface area contributed by atoms with Crippen molar-refractivity contribution in [1.29, 1.82) is 0 Å². The Balaban J connectivity index is 2.51. The number of hydrogen-bond acceptors (Lipinski definition) is 4. The number of aliphatic hydroxyl groups excluding tert-OH is 1. The maximum absolute atomic E-state index is 11.1. The Morgan fingerprint density at radius 3 is 2.63 bits per heavy atom. The molecule has 27 heavy (non-hydrogen) atoms. The summed E-state index contributed by atoms with van der Waals surface area (Å²) >= 11 is 6.11. The molecular weight excluding hydrogens is 364 g/mol. The highest BCUT2D eigenvalue weighted by atomic mass is 35.5. The number of hydrogen-bond donors (Lipinski definition) is 2. The van der Waals surface area contributed by atoms with Crippen molar-refractivity contribution < 1.29 is 19.7 Å². The van der Waals surface area contributed by atoms with Gasteiger partial charge in [0.25, 0.3) is 0 Å². The van der Waals surface area contributed by atoms with E-state index in [0.717, 1.165) is 32.0 Å². The van der Waals surface area contributed by atoms with Crippen LogP contribution in [0.25, 0.3) is 0 Å². The molecule has 1 aromatic carbocycles. The van der Waals surface area contributed by atoms with E-state index in [0.29, 0.717) is 36.3 Å². The molecule has 1 rings (SSSR count). The molecule has 0 bridgehead atoms. The molecule has 0 aromatic heterocycles. The second kappa shape index (κ2) is 12.7. The zero-order valence-electron chi connectivity index (χ0n) is 16.6. The number of ether oxygens (including phenoxy) is 1. The summed E-state index contributed by atoms with van der Waals surface area (Å²) in [6, 6.07) is 1.70. The smallest absolute Gasteiger partial charge is 0.150 e. The predicted molar refractivity (Wildman–Crippen MR) is 111 cm³/mol. The molecule has 0 atom stereocenters. The molecule has 0 fully saturated rings. The number of unbranched alkanes of at least 4 members (excludes halogenated alkanes) is 1. The second-order valence-corrected chi connectivity index (χ2v) is 7.24. The number of halogens is 1. The molecule has 0 aliphatic heterocycles. The number of aromatic hydroxyl groups is 1. The first-order valence-electron chi connectivity index (χ1n) is 9.36. The average Bonchev–Trinajstić information content (AvgIpc) is 2.65. The summed E-state index contributed by atoms with van der Waals surface area (Å²) in [6.45, 7) is 7.35. The normalized spacial score (nSPS) is 12.5. The van der Waals surface area contributed by atoms with Crippen LogP contribution in [0.4, 0.5) is 0 Å². The molecule has 2 N–H and O–H groups in total. The SMILES string of the molecule is C/C(=C\Cc1cc(C=O)c(C)c(Cl)c1O)CC/C=C(\C)COCCCCO. The van der Waals surface area contributed by atoms with Crippen molar-refractivity contribution in [1.82, 2.24) is 0 Å². The van der Waals surface area contributed by atoms with Crippen LogP contribution in [-0.4, -0.2) is 36.3 Å². The molecule has 0 saturated heterocycles. The molecule has 0 aliphatic carbocycles. The van der Waals surface area contributed by atoms with Gasteiger partial charge in [0, 0.05) is 18.8 Å². The summed E-state index contributed by atoms with van der Waals surface area (Å²) in [5.74, 6) is 0.0536. The maximum Gasteiger partial charge on any atom is 0.150 e. The lowest BCUT2D eigenvalue weighted by molar-refractivity contribution is 0.112. The van der Waals surface area contributed by atoms with Crippen LogP contribution in [0.15, 0.2) is 29.4 Å². The number of carbonyl (C=O) groups excluding carboxylic acids is 1. The summed E-state index contributed by atoms with van der Waals surface area (Å²) in [4.78, 5) is 11.1. The molecule has 0 heterocycles. The van der Waals surface area contributed by atoms with Crippen LogP contribution in [0, 0.1) is 6.92 Å². The minimum atomic E-state index is 0.0536. The van der Waals surface area contributed by atoms with E-state index in [2.05, 4.69) is 26.0 Å². The zero-order valence-corrected chi connectivity index (χ0v) is 17.3. The van der Waals surface area contributed by atoms with E-state index < -0.39 is 0 Å². The fourth-order valence-corrected chi connectivity index (χ4v) is 2.86. The third-order valence-corrected chi connectivity index (χ3v) is 4.92. The van der Waals surface area contributed by atoms with Crippen LogP contribution in [0.3, 0.4) is 0 Å².